The van der Waals surface area contributed by atoms with Crippen molar-refractivity contribution in [3.63, 3.8) is 0 Å². The molecule has 0 atom stereocenters. The number of nitrogens with one attached hydrogen (secondary N) is 2. The molecule has 1 amide bonds. The maximum Gasteiger partial charge on any atom is 0.283 e. The second-order valence-electron chi connectivity index (χ2n) is 9.91. The summed E-state index contributed by atoms with van der Waals surface area (Å²) in [5.74, 6) is -1.08. The zero-order valence-corrected chi connectivity index (χ0v) is 25.4. The lowest BCUT2D eigenvalue weighted by Crippen LogP contribution is -2.33. The fourth-order valence-electron chi connectivity index (χ4n) is 4.27. The molecule has 15 heteroatoms. The Kier molecular flexibility index (Phi) is 11.1. The normalized spacial score (nSPS) is 11.3. The highest BCUT2D eigenvalue weighted by Gasteiger charge is 2.25. The van der Waals surface area contributed by atoms with E-state index in [-0.39, 0.29) is 24.6 Å². The fourth-order valence-corrected chi connectivity index (χ4v) is 5.27. The molecule has 1 heterocycles. The summed E-state index contributed by atoms with van der Waals surface area (Å²) in [6, 6.07) is 15.9. The number of hydrogen-bond donors (Lipinski definition) is 2. The molecule has 0 spiro atoms. The highest BCUT2D eigenvalue weighted by atomic mass is 32.2. The molecule has 0 radical (unpaired) electrons. The molecule has 0 aliphatic heterocycles. The van der Waals surface area contributed by atoms with Gasteiger partial charge in [0.2, 0.25) is 10.0 Å². The Labute approximate surface area is 250 Å². The average molecular weight is 604 g/mol. The first-order chi connectivity index (χ1) is 20.5. The Morgan fingerprint density at radius 1 is 1.07 bits per heavy atom. The van der Waals surface area contributed by atoms with Gasteiger partial charge in [0, 0.05) is 65.8 Å². The number of pyridine rings is 1. The number of amides is 1. The van der Waals surface area contributed by atoms with Crippen LogP contribution in [0.15, 0.2) is 69.8 Å². The van der Waals surface area contributed by atoms with Crippen LogP contribution in [0.4, 0.5) is 22.9 Å². The van der Waals surface area contributed by atoms with Gasteiger partial charge in [-0.15, -0.1) is 0 Å². The lowest BCUT2D eigenvalue weighted by atomic mass is 9.91. The Morgan fingerprint density at radius 3 is 2.40 bits per heavy atom. The molecule has 224 valence electrons. The van der Waals surface area contributed by atoms with Crippen LogP contribution in [-0.2, 0) is 10.0 Å². The molecular formula is C28H33N11O3S. The fraction of sp³-hybridized carbons (Fsp3) is 0.321. The third-order valence-corrected chi connectivity index (χ3v) is 7.56. The van der Waals surface area contributed by atoms with E-state index >= 15 is 0 Å². The van der Waals surface area contributed by atoms with Crippen LogP contribution >= 0.6 is 0 Å². The molecule has 3 aromatic rings. The Morgan fingerprint density at radius 2 is 1.79 bits per heavy atom. The van der Waals surface area contributed by atoms with E-state index in [1.165, 1.54) is 6.07 Å². The molecule has 0 aliphatic carbocycles. The second-order valence-corrected chi connectivity index (χ2v) is 11.7. The molecule has 0 fully saturated rings. The van der Waals surface area contributed by atoms with Crippen molar-refractivity contribution in [3.8, 4) is 11.1 Å². The smallest absolute Gasteiger partial charge is 0.283 e. The zero-order chi connectivity index (χ0) is 31.6. The van der Waals surface area contributed by atoms with Crippen molar-refractivity contribution in [3.05, 3.63) is 86.7 Å². The monoisotopic (exact) mass is 603 g/mol. The van der Waals surface area contributed by atoms with Gasteiger partial charge in [-0.2, -0.15) is 0 Å². The van der Waals surface area contributed by atoms with Crippen LogP contribution in [0, 0.1) is 5.92 Å². The largest absolute Gasteiger partial charge is 0.378 e. The van der Waals surface area contributed by atoms with Crippen LogP contribution < -0.4 is 14.9 Å². The van der Waals surface area contributed by atoms with E-state index in [2.05, 4.69) is 40.1 Å². The molecular weight excluding hydrogens is 570 g/mol. The van der Waals surface area contributed by atoms with Crippen molar-refractivity contribution in [1.29, 1.82) is 0 Å². The maximum absolute atomic E-state index is 13.4. The summed E-state index contributed by atoms with van der Waals surface area (Å²) in [5, 5.41) is 10.3. The number of sulfonamides is 1. The molecule has 0 unspecified atom stereocenters. The van der Waals surface area contributed by atoms with Crippen LogP contribution in [0.3, 0.4) is 0 Å². The van der Waals surface area contributed by atoms with E-state index in [9.17, 15) is 13.2 Å². The van der Waals surface area contributed by atoms with E-state index in [1.54, 1.807) is 31.3 Å². The maximum atomic E-state index is 13.4. The topological polar surface area (TPSA) is 201 Å². The highest BCUT2D eigenvalue weighted by molar-refractivity contribution is 7.90. The lowest BCUT2D eigenvalue weighted by Gasteiger charge is -2.21. The van der Waals surface area contributed by atoms with Gasteiger partial charge in [-0.25, -0.2) is 18.1 Å². The SMILES string of the molecule is C/N=C(\c1c(-c2ccc(N=[N+]=[N-])cc2)cc(C(=O)NS(=O)(=O)CCCN=[N+]=[N-])nc1Nc1cccc(N(C)C)c1)C(C)C. The first-order valence-corrected chi connectivity index (χ1v) is 14.9. The molecule has 14 nitrogen and oxygen atoms in total. The van der Waals surface area contributed by atoms with Crippen molar-refractivity contribution in [2.75, 3.05) is 43.7 Å². The van der Waals surface area contributed by atoms with Gasteiger partial charge in [-0.3, -0.25) is 9.79 Å². The van der Waals surface area contributed by atoms with Crippen molar-refractivity contribution in [2.24, 2.45) is 21.1 Å². The lowest BCUT2D eigenvalue weighted by molar-refractivity contribution is 0.0976. The first kappa shape index (κ1) is 32.4. The van der Waals surface area contributed by atoms with Crippen molar-refractivity contribution in [1.82, 2.24) is 9.71 Å². The van der Waals surface area contributed by atoms with Gasteiger partial charge in [-0.1, -0.05) is 54.4 Å². The molecule has 43 heavy (non-hydrogen) atoms. The Bertz CT molecular complexity index is 1710. The number of carbonyl (C=O) groups excluding carboxylic acids is 1. The van der Waals surface area contributed by atoms with E-state index in [0.717, 1.165) is 5.69 Å². The third kappa shape index (κ3) is 8.69. The van der Waals surface area contributed by atoms with Crippen LogP contribution in [0.5, 0.6) is 0 Å². The average Bonchev–Trinajstić information content (AvgIpc) is 2.96. The van der Waals surface area contributed by atoms with Gasteiger partial charge >= 0.3 is 0 Å². The Balaban J connectivity index is 2.24. The predicted molar refractivity (Wildman–Crippen MR) is 170 cm³/mol. The number of anilines is 3. The quantitative estimate of drug-likeness (QED) is 0.0750. The molecule has 2 N–H and O–H groups in total. The van der Waals surface area contributed by atoms with Gasteiger partial charge in [0.05, 0.1) is 5.75 Å². The van der Waals surface area contributed by atoms with Crippen LogP contribution in [0.1, 0.15) is 36.3 Å². The van der Waals surface area contributed by atoms with Crippen molar-refractivity contribution < 1.29 is 13.2 Å². The zero-order valence-electron chi connectivity index (χ0n) is 24.6. The molecule has 1 aromatic heterocycles. The number of benzene rings is 2. The third-order valence-electron chi connectivity index (χ3n) is 6.24. The number of azide groups is 2. The molecule has 0 saturated heterocycles. The van der Waals surface area contributed by atoms with Crippen LogP contribution in [0.25, 0.3) is 32.0 Å². The van der Waals surface area contributed by atoms with Crippen molar-refractivity contribution >= 4 is 44.5 Å². The standard InChI is InChI=1S/C28H33N11O3S/c1-18(2)26(31-3)25-23(19-10-12-20(13-11-19)35-38-30)17-24(28(40)36-43(41,42)15-7-14-32-37-29)34-27(25)33-21-8-6-9-22(16-21)39(4)5/h6,8-13,16-18H,7,14-15H2,1-5H3,(H,33,34)(H,36,40)/b31-26-. The summed E-state index contributed by atoms with van der Waals surface area (Å²) >= 11 is 0. The van der Waals surface area contributed by atoms with Gasteiger partial charge in [0.15, 0.2) is 0 Å². The minimum absolute atomic E-state index is 0.0249. The number of carbonyl (C=O) groups is 1. The van der Waals surface area contributed by atoms with E-state index in [4.69, 9.17) is 11.1 Å². The predicted octanol–water partition coefficient (Wildman–Crippen LogP) is 6.33. The molecule has 2 aromatic carbocycles. The van der Waals surface area contributed by atoms with E-state index < -0.39 is 21.7 Å². The minimum Gasteiger partial charge on any atom is -0.378 e. The number of nitrogens with zero attached hydrogens (tertiary/aromatic N) is 9. The highest BCUT2D eigenvalue weighted by Crippen LogP contribution is 2.35. The number of aliphatic imine (C=N–C) groups is 1. The van der Waals surface area contributed by atoms with E-state index in [1.807, 2.05) is 57.1 Å². The van der Waals surface area contributed by atoms with Gasteiger partial charge in [-0.05, 0) is 58.8 Å². The summed E-state index contributed by atoms with van der Waals surface area (Å²) < 4.78 is 27.4. The molecule has 3 rings (SSSR count). The van der Waals surface area contributed by atoms with Gasteiger partial charge in [0.25, 0.3) is 5.91 Å². The summed E-state index contributed by atoms with van der Waals surface area (Å²) in [7, 11) is 1.45. The first-order valence-electron chi connectivity index (χ1n) is 13.3. The summed E-state index contributed by atoms with van der Waals surface area (Å²) in [6.45, 7) is 3.94. The van der Waals surface area contributed by atoms with Crippen LogP contribution in [0.2, 0.25) is 0 Å². The molecule has 0 bridgehead atoms. The molecule has 0 aliphatic rings. The second kappa shape index (κ2) is 14.7. The van der Waals surface area contributed by atoms with Crippen LogP contribution in [-0.4, -0.2) is 58.5 Å². The van der Waals surface area contributed by atoms with Gasteiger partial charge in [0.1, 0.15) is 11.5 Å². The minimum atomic E-state index is -4.05. The Hall–Kier alpha value is -5.10. The molecule has 0 saturated carbocycles. The summed E-state index contributed by atoms with van der Waals surface area (Å²) in [6.07, 6.45) is 0.0432. The van der Waals surface area contributed by atoms with Crippen molar-refractivity contribution in [2.45, 2.75) is 20.3 Å². The van der Waals surface area contributed by atoms with E-state index in [0.29, 0.717) is 39.6 Å². The number of hydrogen-bond acceptors (Lipinski definition) is 9. The number of aromatic nitrogens is 1. The summed E-state index contributed by atoms with van der Waals surface area (Å²) in [4.78, 5) is 29.9. The van der Waals surface area contributed by atoms with Gasteiger partial charge < -0.3 is 10.2 Å². The summed E-state index contributed by atoms with van der Waals surface area (Å²) in [5.41, 5.74) is 21.7. The number of rotatable bonds is 13.